The Morgan fingerprint density at radius 1 is 0.865 bits per heavy atom. The quantitative estimate of drug-likeness (QED) is 0.382. The summed E-state index contributed by atoms with van der Waals surface area (Å²) in [6.45, 7) is 4.33. The number of carbonyl (C=O) groups excluding carboxylic acids is 2. The molecule has 5 rings (SSSR count). The Bertz CT molecular complexity index is 1190. The highest BCUT2D eigenvalue weighted by Gasteiger charge is 2.41. The summed E-state index contributed by atoms with van der Waals surface area (Å²) in [6.07, 6.45) is 7.92. The molecule has 1 N–H and O–H groups in total. The fraction of sp³-hybridized carbons (Fsp3) is 0.394. The number of benzene rings is 3. The predicted molar refractivity (Wildman–Crippen MR) is 149 cm³/mol. The van der Waals surface area contributed by atoms with Gasteiger partial charge in [-0.3, -0.25) is 14.5 Å². The molecule has 0 radical (unpaired) electrons. The molecule has 1 amide bonds. The van der Waals surface area contributed by atoms with Crippen LogP contribution < -0.4 is 5.32 Å². The van der Waals surface area contributed by atoms with Crippen molar-refractivity contribution in [1.29, 1.82) is 0 Å². The zero-order valence-electron chi connectivity index (χ0n) is 21.9. The van der Waals surface area contributed by atoms with E-state index in [-0.39, 0.29) is 29.2 Å². The molecule has 192 valence electrons. The topological polar surface area (TPSA) is 49.4 Å². The van der Waals surface area contributed by atoms with E-state index in [0.29, 0.717) is 11.1 Å². The van der Waals surface area contributed by atoms with Crippen LogP contribution in [0.25, 0.3) is 0 Å². The maximum Gasteiger partial charge on any atom is 0.227 e. The van der Waals surface area contributed by atoms with Gasteiger partial charge in [-0.15, -0.1) is 0 Å². The second-order valence-corrected chi connectivity index (χ2v) is 10.9. The first-order valence-electron chi connectivity index (χ1n) is 13.8. The van der Waals surface area contributed by atoms with Crippen LogP contribution in [0.5, 0.6) is 0 Å². The lowest BCUT2D eigenvalue weighted by atomic mass is 9.74. The first-order valence-corrected chi connectivity index (χ1v) is 13.8. The molecule has 1 saturated carbocycles. The monoisotopic (exact) mass is 494 g/mol. The van der Waals surface area contributed by atoms with Gasteiger partial charge in [-0.05, 0) is 82.2 Å². The summed E-state index contributed by atoms with van der Waals surface area (Å²) in [5, 5.41) is 3.35. The molecular weight excluding hydrogens is 456 g/mol. The summed E-state index contributed by atoms with van der Waals surface area (Å²) >= 11 is 0. The second-order valence-electron chi connectivity index (χ2n) is 10.9. The Morgan fingerprint density at radius 2 is 1.49 bits per heavy atom. The van der Waals surface area contributed by atoms with Gasteiger partial charge in [0.05, 0.1) is 5.92 Å². The molecule has 1 unspecified atom stereocenters. The highest BCUT2D eigenvalue weighted by Crippen LogP contribution is 2.39. The van der Waals surface area contributed by atoms with Crippen LogP contribution in [0.15, 0.2) is 84.9 Å². The molecule has 0 bridgehead atoms. The summed E-state index contributed by atoms with van der Waals surface area (Å²) in [4.78, 5) is 28.9. The molecule has 2 aliphatic rings. The fourth-order valence-corrected chi connectivity index (χ4v) is 6.25. The molecular formula is C33H38N2O2. The van der Waals surface area contributed by atoms with Gasteiger partial charge in [-0.1, -0.05) is 78.9 Å². The van der Waals surface area contributed by atoms with Crippen LogP contribution in [0.3, 0.4) is 0 Å². The minimum Gasteiger partial charge on any atom is -0.353 e. The van der Waals surface area contributed by atoms with Crippen LogP contribution in [-0.4, -0.2) is 41.3 Å². The molecule has 1 saturated heterocycles. The van der Waals surface area contributed by atoms with Crippen molar-refractivity contribution in [1.82, 2.24) is 10.2 Å². The smallest absolute Gasteiger partial charge is 0.227 e. The van der Waals surface area contributed by atoms with E-state index >= 15 is 0 Å². The highest BCUT2D eigenvalue weighted by atomic mass is 16.2. The van der Waals surface area contributed by atoms with Crippen molar-refractivity contribution in [3.63, 3.8) is 0 Å². The maximum atomic E-state index is 13.3. The van der Waals surface area contributed by atoms with Crippen LogP contribution in [0, 0.1) is 0 Å². The molecule has 1 aliphatic carbocycles. The normalized spacial score (nSPS) is 22.9. The number of hydrogen-bond acceptors (Lipinski definition) is 3. The van der Waals surface area contributed by atoms with Crippen molar-refractivity contribution < 1.29 is 9.59 Å². The number of carbonyl (C=O) groups is 2. The van der Waals surface area contributed by atoms with Crippen molar-refractivity contribution in [3.05, 3.63) is 107 Å². The summed E-state index contributed by atoms with van der Waals surface area (Å²) in [5.74, 6) is -0.275. The van der Waals surface area contributed by atoms with Gasteiger partial charge in [0.2, 0.25) is 5.91 Å². The lowest BCUT2D eigenvalue weighted by Crippen LogP contribution is -2.54. The molecule has 1 heterocycles. The van der Waals surface area contributed by atoms with Gasteiger partial charge in [-0.2, -0.15) is 0 Å². The average molecular weight is 495 g/mol. The van der Waals surface area contributed by atoms with Gasteiger partial charge in [-0.25, -0.2) is 0 Å². The van der Waals surface area contributed by atoms with Gasteiger partial charge >= 0.3 is 0 Å². The number of nitrogens with zero attached hydrogens (tertiary/aromatic N) is 1. The van der Waals surface area contributed by atoms with Gasteiger partial charge in [0.25, 0.3) is 0 Å². The third-order valence-electron chi connectivity index (χ3n) is 8.49. The van der Waals surface area contributed by atoms with Gasteiger partial charge in [0.1, 0.15) is 0 Å². The van der Waals surface area contributed by atoms with Crippen molar-refractivity contribution in [2.45, 2.75) is 69.4 Å². The second kappa shape index (κ2) is 11.4. The van der Waals surface area contributed by atoms with Crippen LogP contribution in [0.4, 0.5) is 0 Å². The highest BCUT2D eigenvalue weighted by molar-refractivity contribution is 6.09. The van der Waals surface area contributed by atoms with Crippen LogP contribution in [0.2, 0.25) is 0 Å². The third-order valence-corrected chi connectivity index (χ3v) is 8.49. The van der Waals surface area contributed by atoms with E-state index in [1.807, 2.05) is 61.5 Å². The van der Waals surface area contributed by atoms with Crippen molar-refractivity contribution in [2.75, 3.05) is 13.1 Å². The number of hydrogen-bond donors (Lipinski definition) is 1. The zero-order valence-corrected chi connectivity index (χ0v) is 21.9. The van der Waals surface area contributed by atoms with Crippen molar-refractivity contribution in [3.8, 4) is 0 Å². The molecule has 37 heavy (non-hydrogen) atoms. The number of likely N-dealkylation sites (tertiary alicyclic amines) is 1. The Morgan fingerprint density at radius 3 is 2.16 bits per heavy atom. The molecule has 1 aliphatic heterocycles. The number of amides is 1. The average Bonchev–Trinajstić information content (AvgIpc) is 3.50. The van der Waals surface area contributed by atoms with E-state index < -0.39 is 0 Å². The van der Waals surface area contributed by atoms with E-state index in [9.17, 15) is 9.59 Å². The lowest BCUT2D eigenvalue weighted by molar-refractivity contribution is -0.123. The number of ketones is 1. The van der Waals surface area contributed by atoms with Gasteiger partial charge in [0.15, 0.2) is 5.78 Å². The zero-order chi connectivity index (χ0) is 25.7. The fourth-order valence-electron chi connectivity index (χ4n) is 6.25. The van der Waals surface area contributed by atoms with Crippen LogP contribution >= 0.6 is 0 Å². The van der Waals surface area contributed by atoms with Crippen LogP contribution in [0.1, 0.15) is 78.4 Å². The molecule has 3 aromatic carbocycles. The molecule has 0 aromatic heterocycles. The first kappa shape index (κ1) is 25.4. The molecule has 0 spiro atoms. The van der Waals surface area contributed by atoms with Crippen LogP contribution in [-0.2, 0) is 11.2 Å². The summed E-state index contributed by atoms with van der Waals surface area (Å²) in [7, 11) is 0. The summed E-state index contributed by atoms with van der Waals surface area (Å²) in [5.41, 5.74) is 3.78. The molecule has 3 aromatic rings. The SMILES string of the molecule is CC(C(=O)NC1CCC(Cc2ccccc2)(N2CCCC2)CC1)c1cccc(C(=O)c2ccccc2)c1. The van der Waals surface area contributed by atoms with E-state index in [1.165, 1.54) is 31.5 Å². The Hall–Kier alpha value is -3.24. The van der Waals surface area contributed by atoms with E-state index in [0.717, 1.165) is 37.7 Å². The standard InChI is InChI=1S/C33H38N2O2/c1-25(28-15-10-16-29(23-28)31(36)27-13-6-3-7-14-27)32(37)34-30-17-19-33(20-18-30,35-21-8-9-22-35)24-26-11-4-2-5-12-26/h2-7,10-16,23,25,30H,8-9,17-22,24H2,1H3,(H,34,37). The Kier molecular flexibility index (Phi) is 7.85. The van der Waals surface area contributed by atoms with Gasteiger partial charge < -0.3 is 5.32 Å². The molecule has 4 heteroatoms. The largest absolute Gasteiger partial charge is 0.353 e. The summed E-state index contributed by atoms with van der Waals surface area (Å²) < 4.78 is 0. The lowest BCUT2D eigenvalue weighted by Gasteiger charge is -2.47. The minimum atomic E-state index is -0.307. The Labute approximate surface area is 221 Å². The molecule has 1 atom stereocenters. The molecule has 4 nitrogen and oxygen atoms in total. The third kappa shape index (κ3) is 5.86. The number of nitrogens with one attached hydrogen (secondary N) is 1. The minimum absolute atomic E-state index is 0.0148. The predicted octanol–water partition coefficient (Wildman–Crippen LogP) is 6.16. The van der Waals surface area contributed by atoms with Crippen molar-refractivity contribution >= 4 is 11.7 Å². The summed E-state index contributed by atoms with van der Waals surface area (Å²) in [6, 6.07) is 27.9. The van der Waals surface area contributed by atoms with E-state index in [1.54, 1.807) is 0 Å². The van der Waals surface area contributed by atoms with Crippen molar-refractivity contribution in [2.24, 2.45) is 0 Å². The van der Waals surface area contributed by atoms with Gasteiger partial charge in [0, 0.05) is 22.7 Å². The van der Waals surface area contributed by atoms with E-state index in [4.69, 9.17) is 0 Å². The Balaban J connectivity index is 1.22. The molecule has 2 fully saturated rings. The maximum absolute atomic E-state index is 13.3. The van der Waals surface area contributed by atoms with E-state index in [2.05, 4.69) is 40.5 Å². The first-order chi connectivity index (χ1) is 18.0. The number of rotatable bonds is 8.